The zero-order valence-corrected chi connectivity index (χ0v) is 12.3. The summed E-state index contributed by atoms with van der Waals surface area (Å²) in [7, 11) is 1.61. The fourth-order valence-corrected chi connectivity index (χ4v) is 1.84. The lowest BCUT2D eigenvalue weighted by molar-refractivity contribution is -0.120. The first-order valence-electron chi connectivity index (χ1n) is 6.84. The lowest BCUT2D eigenvalue weighted by Gasteiger charge is -2.07. The smallest absolute Gasteiger partial charge is 0.251 e. The molecular formula is C16H18N2O4. The molecule has 0 aliphatic heterocycles. The van der Waals surface area contributed by atoms with Crippen molar-refractivity contribution < 1.29 is 18.7 Å². The van der Waals surface area contributed by atoms with Crippen LogP contribution in [-0.2, 0) is 22.7 Å². The molecular weight excluding hydrogens is 284 g/mol. The van der Waals surface area contributed by atoms with Crippen LogP contribution in [0.25, 0.3) is 0 Å². The average molecular weight is 302 g/mol. The number of rotatable bonds is 7. The van der Waals surface area contributed by atoms with E-state index in [1.54, 1.807) is 31.4 Å². The van der Waals surface area contributed by atoms with Gasteiger partial charge < -0.3 is 19.8 Å². The third kappa shape index (κ3) is 4.75. The summed E-state index contributed by atoms with van der Waals surface area (Å²) in [5, 5.41) is 5.22. The van der Waals surface area contributed by atoms with Crippen molar-refractivity contribution in [3.8, 4) is 0 Å². The van der Waals surface area contributed by atoms with Gasteiger partial charge in [-0.25, -0.2) is 0 Å². The Labute approximate surface area is 128 Å². The van der Waals surface area contributed by atoms with Crippen LogP contribution in [0, 0.1) is 0 Å². The summed E-state index contributed by atoms with van der Waals surface area (Å²) in [6, 6.07) is 10.5. The van der Waals surface area contributed by atoms with Crippen LogP contribution in [0.1, 0.15) is 21.7 Å². The molecule has 6 heteroatoms. The number of carbonyl (C=O) groups excluding carboxylic acids is 2. The van der Waals surface area contributed by atoms with Crippen LogP contribution in [0.3, 0.4) is 0 Å². The highest BCUT2D eigenvalue weighted by molar-refractivity contribution is 5.96. The average Bonchev–Trinajstić information content (AvgIpc) is 3.05. The van der Waals surface area contributed by atoms with Gasteiger partial charge in [0.2, 0.25) is 5.91 Å². The second-order valence-electron chi connectivity index (χ2n) is 4.67. The maximum Gasteiger partial charge on any atom is 0.251 e. The van der Waals surface area contributed by atoms with Gasteiger partial charge in [0.25, 0.3) is 5.91 Å². The van der Waals surface area contributed by atoms with Crippen molar-refractivity contribution in [2.75, 3.05) is 13.7 Å². The standard InChI is InChI=1S/C16H18N2O4/c1-21-11-12-4-6-13(7-5-12)16(20)18-10-15(19)17-9-14-3-2-8-22-14/h2-8H,9-11H2,1H3,(H,17,19)(H,18,20). The topological polar surface area (TPSA) is 80.6 Å². The Bertz CT molecular complexity index is 606. The lowest BCUT2D eigenvalue weighted by atomic mass is 10.1. The highest BCUT2D eigenvalue weighted by Gasteiger charge is 2.08. The quantitative estimate of drug-likeness (QED) is 0.811. The molecule has 0 atom stereocenters. The maximum absolute atomic E-state index is 11.9. The Balaban J connectivity index is 1.75. The van der Waals surface area contributed by atoms with E-state index in [2.05, 4.69) is 10.6 Å². The number of ether oxygens (including phenoxy) is 1. The van der Waals surface area contributed by atoms with E-state index in [4.69, 9.17) is 9.15 Å². The van der Waals surface area contributed by atoms with Crippen LogP contribution >= 0.6 is 0 Å². The number of furan rings is 1. The molecule has 1 aromatic heterocycles. The molecule has 0 bridgehead atoms. The van der Waals surface area contributed by atoms with E-state index in [0.717, 1.165) is 5.56 Å². The van der Waals surface area contributed by atoms with Crippen LogP contribution in [-0.4, -0.2) is 25.5 Å². The molecule has 0 spiro atoms. The molecule has 1 heterocycles. The SMILES string of the molecule is COCc1ccc(C(=O)NCC(=O)NCc2ccco2)cc1. The minimum Gasteiger partial charge on any atom is -0.467 e. The van der Waals surface area contributed by atoms with E-state index < -0.39 is 0 Å². The van der Waals surface area contributed by atoms with Gasteiger partial charge in [0.15, 0.2) is 0 Å². The van der Waals surface area contributed by atoms with Gasteiger partial charge >= 0.3 is 0 Å². The van der Waals surface area contributed by atoms with Gasteiger partial charge in [0, 0.05) is 12.7 Å². The Kier molecular flexibility index (Phi) is 5.73. The van der Waals surface area contributed by atoms with E-state index in [-0.39, 0.29) is 18.4 Å². The monoisotopic (exact) mass is 302 g/mol. The normalized spacial score (nSPS) is 10.2. The highest BCUT2D eigenvalue weighted by atomic mass is 16.5. The first-order valence-corrected chi connectivity index (χ1v) is 6.84. The molecule has 0 saturated carbocycles. The second-order valence-corrected chi connectivity index (χ2v) is 4.67. The van der Waals surface area contributed by atoms with Gasteiger partial charge in [0.05, 0.1) is 26.0 Å². The van der Waals surface area contributed by atoms with Crippen LogP contribution in [0.2, 0.25) is 0 Å². The van der Waals surface area contributed by atoms with Crippen molar-refractivity contribution >= 4 is 11.8 Å². The molecule has 6 nitrogen and oxygen atoms in total. The van der Waals surface area contributed by atoms with Crippen molar-refractivity contribution in [3.63, 3.8) is 0 Å². The minimum atomic E-state index is -0.294. The summed E-state index contributed by atoms with van der Waals surface area (Å²) >= 11 is 0. The number of nitrogens with one attached hydrogen (secondary N) is 2. The van der Waals surface area contributed by atoms with Gasteiger partial charge in [-0.1, -0.05) is 12.1 Å². The fraction of sp³-hybridized carbons (Fsp3) is 0.250. The molecule has 2 aromatic rings. The van der Waals surface area contributed by atoms with Gasteiger partial charge in [0.1, 0.15) is 5.76 Å². The number of amides is 2. The third-order valence-corrected chi connectivity index (χ3v) is 2.98. The van der Waals surface area contributed by atoms with Crippen molar-refractivity contribution in [2.24, 2.45) is 0 Å². The zero-order valence-electron chi connectivity index (χ0n) is 12.3. The molecule has 1 aromatic carbocycles. The van der Waals surface area contributed by atoms with E-state index in [9.17, 15) is 9.59 Å². The van der Waals surface area contributed by atoms with Gasteiger partial charge in [-0.3, -0.25) is 9.59 Å². The molecule has 2 amide bonds. The molecule has 22 heavy (non-hydrogen) atoms. The van der Waals surface area contributed by atoms with Gasteiger partial charge in [-0.15, -0.1) is 0 Å². The summed E-state index contributed by atoms with van der Waals surface area (Å²) in [6.07, 6.45) is 1.54. The third-order valence-electron chi connectivity index (χ3n) is 2.98. The number of hydrogen-bond donors (Lipinski definition) is 2. The summed E-state index contributed by atoms with van der Waals surface area (Å²) in [5.74, 6) is 0.0891. The van der Waals surface area contributed by atoms with Crippen molar-refractivity contribution in [2.45, 2.75) is 13.2 Å². The first kappa shape index (κ1) is 15.8. The van der Waals surface area contributed by atoms with E-state index >= 15 is 0 Å². The zero-order chi connectivity index (χ0) is 15.8. The van der Waals surface area contributed by atoms with Crippen molar-refractivity contribution in [3.05, 3.63) is 59.5 Å². The first-order chi connectivity index (χ1) is 10.7. The van der Waals surface area contributed by atoms with E-state index in [0.29, 0.717) is 24.5 Å². The Morgan fingerprint density at radius 3 is 2.55 bits per heavy atom. The number of hydrogen-bond acceptors (Lipinski definition) is 4. The number of benzene rings is 1. The Morgan fingerprint density at radius 2 is 1.91 bits per heavy atom. The Morgan fingerprint density at radius 1 is 1.14 bits per heavy atom. The van der Waals surface area contributed by atoms with Gasteiger partial charge in [-0.2, -0.15) is 0 Å². The summed E-state index contributed by atoms with van der Waals surface area (Å²) in [4.78, 5) is 23.5. The fourth-order valence-electron chi connectivity index (χ4n) is 1.84. The predicted molar refractivity (Wildman–Crippen MR) is 80.0 cm³/mol. The Hall–Kier alpha value is -2.60. The van der Waals surface area contributed by atoms with Crippen LogP contribution in [0.5, 0.6) is 0 Å². The van der Waals surface area contributed by atoms with Crippen molar-refractivity contribution in [1.82, 2.24) is 10.6 Å². The number of carbonyl (C=O) groups is 2. The molecule has 2 rings (SSSR count). The van der Waals surface area contributed by atoms with Crippen molar-refractivity contribution in [1.29, 1.82) is 0 Å². The number of methoxy groups -OCH3 is 1. The van der Waals surface area contributed by atoms with Crippen LogP contribution < -0.4 is 10.6 Å². The molecule has 0 saturated heterocycles. The lowest BCUT2D eigenvalue weighted by Crippen LogP contribution is -2.36. The molecule has 0 unspecified atom stereocenters. The van der Waals surface area contributed by atoms with E-state index in [1.165, 1.54) is 6.26 Å². The molecule has 116 valence electrons. The summed E-state index contributed by atoms with van der Waals surface area (Å²) < 4.78 is 10.1. The minimum absolute atomic E-state index is 0.0840. The molecule has 0 radical (unpaired) electrons. The molecule has 2 N–H and O–H groups in total. The second kappa shape index (κ2) is 7.99. The van der Waals surface area contributed by atoms with Gasteiger partial charge in [-0.05, 0) is 29.8 Å². The maximum atomic E-state index is 11.9. The molecule has 0 aliphatic rings. The predicted octanol–water partition coefficient (Wildman–Crippen LogP) is 1.47. The summed E-state index contributed by atoms with van der Waals surface area (Å²) in [5.41, 5.74) is 1.48. The largest absolute Gasteiger partial charge is 0.467 e. The van der Waals surface area contributed by atoms with Crippen LogP contribution in [0.15, 0.2) is 47.1 Å². The molecule has 0 aliphatic carbocycles. The highest BCUT2D eigenvalue weighted by Crippen LogP contribution is 2.05. The summed E-state index contributed by atoms with van der Waals surface area (Å²) in [6.45, 7) is 0.712. The molecule has 0 fully saturated rings. The van der Waals surface area contributed by atoms with E-state index in [1.807, 2.05) is 12.1 Å². The van der Waals surface area contributed by atoms with Crippen LogP contribution in [0.4, 0.5) is 0 Å².